The number of hydrogen-bond acceptors (Lipinski definition) is 4. The van der Waals surface area contributed by atoms with Crippen molar-refractivity contribution < 1.29 is 21.6 Å². The van der Waals surface area contributed by atoms with Crippen LogP contribution >= 0.6 is 0 Å². The highest BCUT2D eigenvalue weighted by molar-refractivity contribution is 7.89. The third-order valence-corrected chi connectivity index (χ3v) is 7.14. The highest BCUT2D eigenvalue weighted by atomic mass is 32.2. The number of hydrogen-bond donors (Lipinski definition) is 1. The van der Waals surface area contributed by atoms with Crippen LogP contribution < -0.4 is 4.72 Å². The van der Waals surface area contributed by atoms with E-state index in [9.17, 15) is 21.6 Å². The van der Waals surface area contributed by atoms with Crippen molar-refractivity contribution in [1.82, 2.24) is 14.6 Å². The fourth-order valence-electron chi connectivity index (χ4n) is 4.22. The lowest BCUT2D eigenvalue weighted by Gasteiger charge is -2.27. The molecule has 0 aliphatic heterocycles. The van der Waals surface area contributed by atoms with E-state index in [2.05, 4.69) is 40.6 Å². The molecule has 9 heteroatoms. The van der Waals surface area contributed by atoms with Gasteiger partial charge in [-0.3, -0.25) is 4.90 Å². The van der Waals surface area contributed by atoms with Crippen LogP contribution in [0.4, 0.5) is 13.2 Å². The van der Waals surface area contributed by atoms with Crippen molar-refractivity contribution in [3.8, 4) is 0 Å². The summed E-state index contributed by atoms with van der Waals surface area (Å²) in [6, 6.07) is 8.42. The molecule has 0 saturated heterocycles. The first-order chi connectivity index (χ1) is 15.1. The average molecular weight is 470 g/mol. The van der Waals surface area contributed by atoms with Crippen molar-refractivity contribution in [3.05, 3.63) is 58.8 Å². The molecule has 1 aliphatic carbocycles. The van der Waals surface area contributed by atoms with Crippen LogP contribution in [0, 0.1) is 0 Å². The highest BCUT2D eigenvalue weighted by Crippen LogP contribution is 2.29. The molecule has 1 aromatic carbocycles. The standard InChI is InChI=1S/C23H30F3N3O2S/c1-3-11-29(12-4-2)21-14-18-6-5-17(13-19(18)15-21)9-10-28-32(30,31)22-8-7-20(16-27-22)23(24,25)26/h5-8,13,16,21,28H,3-4,9-12,14-15H2,1-2H3/t21-/m1/s1. The van der Waals surface area contributed by atoms with Gasteiger partial charge in [-0.2, -0.15) is 13.2 Å². The van der Waals surface area contributed by atoms with Crippen molar-refractivity contribution in [2.75, 3.05) is 19.6 Å². The Morgan fingerprint density at radius 1 is 1.06 bits per heavy atom. The lowest BCUT2D eigenvalue weighted by Crippen LogP contribution is -2.37. The van der Waals surface area contributed by atoms with E-state index in [1.807, 2.05) is 6.07 Å². The molecule has 1 atom stereocenters. The third kappa shape index (κ3) is 6.08. The van der Waals surface area contributed by atoms with Crippen molar-refractivity contribution >= 4 is 10.0 Å². The van der Waals surface area contributed by atoms with Gasteiger partial charge in [0.25, 0.3) is 10.0 Å². The zero-order valence-electron chi connectivity index (χ0n) is 18.5. The fraction of sp³-hybridized carbons (Fsp3) is 0.522. The summed E-state index contributed by atoms with van der Waals surface area (Å²) < 4.78 is 65.0. The number of aromatic nitrogens is 1. The summed E-state index contributed by atoms with van der Waals surface area (Å²) in [6.45, 7) is 6.73. The average Bonchev–Trinajstić information content (AvgIpc) is 3.16. The Morgan fingerprint density at radius 3 is 2.34 bits per heavy atom. The Morgan fingerprint density at radius 2 is 1.75 bits per heavy atom. The first kappa shape index (κ1) is 24.7. The summed E-state index contributed by atoms with van der Waals surface area (Å²) in [5.74, 6) is 0. The van der Waals surface area contributed by atoms with Gasteiger partial charge in [-0.1, -0.05) is 32.0 Å². The van der Waals surface area contributed by atoms with Gasteiger partial charge in [0.15, 0.2) is 5.03 Å². The van der Waals surface area contributed by atoms with Crippen LogP contribution in [-0.2, 0) is 35.5 Å². The number of pyridine rings is 1. The minimum absolute atomic E-state index is 0.144. The van der Waals surface area contributed by atoms with Gasteiger partial charge >= 0.3 is 6.18 Å². The van der Waals surface area contributed by atoms with Crippen LogP contribution in [-0.4, -0.2) is 44.0 Å². The molecule has 0 saturated carbocycles. The van der Waals surface area contributed by atoms with E-state index in [1.54, 1.807) is 0 Å². The molecule has 32 heavy (non-hydrogen) atoms. The van der Waals surface area contributed by atoms with Gasteiger partial charge in [0, 0.05) is 18.8 Å². The lowest BCUT2D eigenvalue weighted by atomic mass is 10.0. The topological polar surface area (TPSA) is 62.3 Å². The summed E-state index contributed by atoms with van der Waals surface area (Å²) in [6.07, 6.45) is 0.779. The van der Waals surface area contributed by atoms with Gasteiger partial charge in [-0.05, 0) is 74.0 Å². The van der Waals surface area contributed by atoms with E-state index in [4.69, 9.17) is 0 Å². The molecule has 0 radical (unpaired) electrons. The normalized spacial score (nSPS) is 16.5. The second-order valence-corrected chi connectivity index (χ2v) is 9.95. The first-order valence-corrected chi connectivity index (χ1v) is 12.5. The summed E-state index contributed by atoms with van der Waals surface area (Å²) in [5, 5.41) is -0.422. The van der Waals surface area contributed by atoms with Gasteiger partial charge in [0.1, 0.15) is 0 Å². The van der Waals surface area contributed by atoms with Gasteiger partial charge in [-0.15, -0.1) is 0 Å². The maximum absolute atomic E-state index is 12.6. The SMILES string of the molecule is CCCN(CCC)[C@@H]1Cc2ccc(CCNS(=O)(=O)c3ccc(C(F)(F)F)cn3)cc2C1. The molecule has 0 unspecified atom stereocenters. The molecule has 1 aliphatic rings. The van der Waals surface area contributed by atoms with E-state index in [1.165, 1.54) is 11.1 Å². The van der Waals surface area contributed by atoms with Crippen molar-refractivity contribution in [1.29, 1.82) is 0 Å². The lowest BCUT2D eigenvalue weighted by molar-refractivity contribution is -0.137. The molecule has 0 amide bonds. The van der Waals surface area contributed by atoms with E-state index >= 15 is 0 Å². The minimum Gasteiger partial charge on any atom is -0.300 e. The minimum atomic E-state index is -4.56. The number of benzene rings is 1. The fourth-order valence-corrected chi connectivity index (χ4v) is 5.18. The maximum Gasteiger partial charge on any atom is 0.417 e. The number of alkyl halides is 3. The summed E-state index contributed by atoms with van der Waals surface area (Å²) in [7, 11) is -3.97. The van der Waals surface area contributed by atoms with Crippen LogP contribution in [0.3, 0.4) is 0 Å². The second kappa shape index (κ2) is 10.3. The van der Waals surface area contributed by atoms with Crippen molar-refractivity contribution in [2.45, 2.75) is 63.2 Å². The molecule has 3 rings (SSSR count). The molecular formula is C23H30F3N3O2S. The first-order valence-electron chi connectivity index (χ1n) is 11.0. The van der Waals surface area contributed by atoms with Crippen LogP contribution in [0.5, 0.6) is 0 Å². The van der Waals surface area contributed by atoms with Crippen LogP contribution in [0.1, 0.15) is 48.9 Å². The zero-order valence-corrected chi connectivity index (χ0v) is 19.3. The monoisotopic (exact) mass is 469 g/mol. The summed E-state index contributed by atoms with van der Waals surface area (Å²) in [5.41, 5.74) is 2.72. The number of nitrogens with one attached hydrogen (secondary N) is 1. The predicted molar refractivity (Wildman–Crippen MR) is 118 cm³/mol. The van der Waals surface area contributed by atoms with Crippen LogP contribution in [0.2, 0.25) is 0 Å². The Hall–Kier alpha value is -1.97. The predicted octanol–water partition coefficient (Wildman–Crippen LogP) is 4.21. The molecule has 2 aromatic rings. The summed E-state index contributed by atoms with van der Waals surface area (Å²) >= 11 is 0. The number of fused-ring (bicyclic) bond motifs is 1. The van der Waals surface area contributed by atoms with Gasteiger partial charge in [0.2, 0.25) is 0 Å². The Kier molecular flexibility index (Phi) is 7.95. The molecule has 1 N–H and O–H groups in total. The summed E-state index contributed by atoms with van der Waals surface area (Å²) in [4.78, 5) is 6.03. The van der Waals surface area contributed by atoms with Crippen molar-refractivity contribution in [2.24, 2.45) is 0 Å². The van der Waals surface area contributed by atoms with E-state index < -0.39 is 26.8 Å². The largest absolute Gasteiger partial charge is 0.417 e. The molecule has 1 aromatic heterocycles. The van der Waals surface area contributed by atoms with E-state index in [0.29, 0.717) is 18.7 Å². The molecule has 176 valence electrons. The van der Waals surface area contributed by atoms with Gasteiger partial charge in [0.05, 0.1) is 5.56 Å². The molecule has 5 nitrogen and oxygen atoms in total. The Labute approximate surface area is 188 Å². The van der Waals surface area contributed by atoms with Gasteiger partial charge < -0.3 is 0 Å². The Bertz CT molecular complexity index is 1000. The van der Waals surface area contributed by atoms with Crippen molar-refractivity contribution in [3.63, 3.8) is 0 Å². The van der Waals surface area contributed by atoms with Crippen LogP contribution in [0.25, 0.3) is 0 Å². The zero-order chi connectivity index (χ0) is 23.4. The molecule has 1 heterocycles. The highest BCUT2D eigenvalue weighted by Gasteiger charge is 2.31. The molecular weight excluding hydrogens is 439 g/mol. The van der Waals surface area contributed by atoms with Crippen LogP contribution in [0.15, 0.2) is 41.6 Å². The quantitative estimate of drug-likeness (QED) is 0.566. The smallest absolute Gasteiger partial charge is 0.300 e. The van der Waals surface area contributed by atoms with E-state index in [0.717, 1.165) is 56.5 Å². The molecule has 0 bridgehead atoms. The number of nitrogens with zero attached hydrogens (tertiary/aromatic N) is 2. The number of halogens is 3. The molecule has 0 fully saturated rings. The Balaban J connectivity index is 1.58. The van der Waals surface area contributed by atoms with Gasteiger partial charge in [-0.25, -0.2) is 18.1 Å². The third-order valence-electron chi connectivity index (χ3n) is 5.76. The second-order valence-electron chi connectivity index (χ2n) is 8.23. The number of sulfonamides is 1. The maximum atomic E-state index is 12.6. The number of rotatable bonds is 10. The molecule has 0 spiro atoms. The van der Waals surface area contributed by atoms with E-state index in [-0.39, 0.29) is 6.54 Å².